The fourth-order valence-electron chi connectivity index (χ4n) is 1.49. The summed E-state index contributed by atoms with van der Waals surface area (Å²) in [5.41, 5.74) is 0.603. The summed E-state index contributed by atoms with van der Waals surface area (Å²) in [5, 5.41) is 8.16. The number of carbonyl (C=O) groups is 1. The van der Waals surface area contributed by atoms with Crippen molar-refractivity contribution in [3.8, 4) is 0 Å². The minimum atomic E-state index is -1.41. The first-order valence-corrected chi connectivity index (χ1v) is 6.90. The largest absolute Gasteiger partial charge is 0.480 e. The van der Waals surface area contributed by atoms with Crippen molar-refractivity contribution in [2.45, 2.75) is 31.3 Å². The normalized spacial score (nSPS) is 16.5. The van der Waals surface area contributed by atoms with Gasteiger partial charge in [0, 0.05) is 16.0 Å². The van der Waals surface area contributed by atoms with Crippen LogP contribution in [0.4, 0.5) is 0 Å². The molecule has 0 spiro atoms. The molecule has 94 valence electrons. The summed E-state index contributed by atoms with van der Waals surface area (Å²) in [4.78, 5) is 11.3. The number of benzene rings is 1. The molecule has 3 nitrogen and oxygen atoms in total. The van der Waals surface area contributed by atoms with Crippen LogP contribution in [-0.4, -0.2) is 20.5 Å². The molecule has 1 N–H and O–H groups in total. The van der Waals surface area contributed by atoms with Crippen molar-refractivity contribution < 1.29 is 14.1 Å². The molecular weight excluding hydrogens is 236 g/mol. The molecule has 0 saturated carbocycles. The van der Waals surface area contributed by atoms with Crippen LogP contribution in [0, 0.1) is 5.92 Å². The standard InChI is InChI=1S/C13H18O3S/c1-9(2)10(3)17(16)12(13(14)15)11-7-5-4-6-8-11/h4-10,12H,1-3H3,(H,14,15). The van der Waals surface area contributed by atoms with Gasteiger partial charge in [0.1, 0.15) is 0 Å². The third-order valence-electron chi connectivity index (χ3n) is 2.86. The van der Waals surface area contributed by atoms with Gasteiger partial charge in [0.15, 0.2) is 5.25 Å². The van der Waals surface area contributed by atoms with Gasteiger partial charge in [-0.3, -0.25) is 9.00 Å². The van der Waals surface area contributed by atoms with Crippen LogP contribution in [0.1, 0.15) is 31.6 Å². The quantitative estimate of drug-likeness (QED) is 0.878. The van der Waals surface area contributed by atoms with Crippen LogP contribution in [0.5, 0.6) is 0 Å². The van der Waals surface area contributed by atoms with E-state index in [0.29, 0.717) is 5.56 Å². The maximum atomic E-state index is 12.3. The molecule has 0 aliphatic heterocycles. The van der Waals surface area contributed by atoms with Gasteiger partial charge >= 0.3 is 5.97 Å². The second-order valence-corrected chi connectivity index (χ2v) is 6.28. The van der Waals surface area contributed by atoms with Crippen LogP contribution >= 0.6 is 0 Å². The highest BCUT2D eigenvalue weighted by atomic mass is 32.2. The molecule has 17 heavy (non-hydrogen) atoms. The fraction of sp³-hybridized carbons (Fsp3) is 0.462. The molecule has 0 heterocycles. The molecule has 0 aromatic heterocycles. The highest BCUT2D eigenvalue weighted by Gasteiger charge is 2.31. The van der Waals surface area contributed by atoms with Crippen LogP contribution in [-0.2, 0) is 15.6 Å². The summed E-state index contributed by atoms with van der Waals surface area (Å²) in [7, 11) is -1.41. The molecule has 0 saturated heterocycles. The number of hydrogen-bond donors (Lipinski definition) is 1. The lowest BCUT2D eigenvalue weighted by atomic mass is 10.1. The van der Waals surface area contributed by atoms with Crippen molar-refractivity contribution in [1.29, 1.82) is 0 Å². The van der Waals surface area contributed by atoms with E-state index in [1.54, 1.807) is 24.3 Å². The van der Waals surface area contributed by atoms with E-state index in [1.807, 2.05) is 26.8 Å². The molecule has 0 bridgehead atoms. The van der Waals surface area contributed by atoms with Crippen LogP contribution in [0.2, 0.25) is 0 Å². The molecule has 1 rings (SSSR count). The second kappa shape index (κ2) is 5.96. The molecule has 1 aromatic rings. The van der Waals surface area contributed by atoms with E-state index in [1.165, 1.54) is 0 Å². The zero-order chi connectivity index (χ0) is 13.0. The average Bonchev–Trinajstić information content (AvgIpc) is 2.28. The first-order valence-electron chi connectivity index (χ1n) is 5.62. The Bertz CT molecular complexity index is 400. The summed E-state index contributed by atoms with van der Waals surface area (Å²) in [6.45, 7) is 5.73. The highest BCUT2D eigenvalue weighted by Crippen LogP contribution is 2.25. The SMILES string of the molecule is CC(C)C(C)S(=O)C(C(=O)O)c1ccccc1. The summed E-state index contributed by atoms with van der Waals surface area (Å²) in [6, 6.07) is 8.77. The van der Waals surface area contributed by atoms with E-state index in [9.17, 15) is 14.1 Å². The Hall–Kier alpha value is -1.16. The van der Waals surface area contributed by atoms with Gasteiger partial charge in [-0.05, 0) is 11.5 Å². The Morgan fingerprint density at radius 1 is 1.18 bits per heavy atom. The lowest BCUT2D eigenvalue weighted by Gasteiger charge is -2.20. The smallest absolute Gasteiger partial charge is 0.323 e. The van der Waals surface area contributed by atoms with Crippen LogP contribution < -0.4 is 0 Å². The van der Waals surface area contributed by atoms with Gasteiger partial charge in [-0.15, -0.1) is 0 Å². The maximum absolute atomic E-state index is 12.3. The average molecular weight is 254 g/mol. The third-order valence-corrected chi connectivity index (χ3v) is 5.08. The van der Waals surface area contributed by atoms with E-state index in [4.69, 9.17) is 0 Å². The number of hydrogen-bond acceptors (Lipinski definition) is 2. The molecule has 0 aliphatic carbocycles. The summed E-state index contributed by atoms with van der Waals surface area (Å²) in [5.74, 6) is -0.830. The predicted molar refractivity (Wildman–Crippen MR) is 69.3 cm³/mol. The molecule has 3 atom stereocenters. The molecule has 0 radical (unpaired) electrons. The van der Waals surface area contributed by atoms with Gasteiger partial charge in [-0.1, -0.05) is 51.1 Å². The van der Waals surface area contributed by atoms with Crippen LogP contribution in [0.15, 0.2) is 30.3 Å². The van der Waals surface area contributed by atoms with Crippen molar-refractivity contribution in [1.82, 2.24) is 0 Å². The Morgan fingerprint density at radius 2 is 1.71 bits per heavy atom. The summed E-state index contributed by atoms with van der Waals surface area (Å²) >= 11 is 0. The molecular formula is C13H18O3S. The number of carboxylic acids is 1. The maximum Gasteiger partial charge on any atom is 0.323 e. The molecule has 0 aliphatic rings. The van der Waals surface area contributed by atoms with E-state index >= 15 is 0 Å². The fourth-order valence-corrected chi connectivity index (χ4v) is 3.08. The van der Waals surface area contributed by atoms with Crippen molar-refractivity contribution in [2.75, 3.05) is 0 Å². The number of rotatable bonds is 5. The summed E-state index contributed by atoms with van der Waals surface area (Å²) < 4.78 is 12.3. The van der Waals surface area contributed by atoms with Gasteiger partial charge < -0.3 is 5.11 Å². The third kappa shape index (κ3) is 3.40. The predicted octanol–water partition coefficient (Wildman–Crippen LogP) is 2.61. The second-order valence-electron chi connectivity index (χ2n) is 4.41. The van der Waals surface area contributed by atoms with Crippen molar-refractivity contribution in [3.63, 3.8) is 0 Å². The molecule has 3 unspecified atom stereocenters. The zero-order valence-electron chi connectivity index (χ0n) is 10.3. The Balaban J connectivity index is 3.03. The van der Waals surface area contributed by atoms with Crippen molar-refractivity contribution in [2.24, 2.45) is 5.92 Å². The number of aliphatic carboxylic acids is 1. The van der Waals surface area contributed by atoms with Gasteiger partial charge in [-0.25, -0.2) is 0 Å². The minimum Gasteiger partial charge on any atom is -0.480 e. The van der Waals surface area contributed by atoms with E-state index in [0.717, 1.165) is 0 Å². The lowest BCUT2D eigenvalue weighted by Crippen LogP contribution is -2.27. The summed E-state index contributed by atoms with van der Waals surface area (Å²) in [6.07, 6.45) is 0. The molecule has 0 fully saturated rings. The minimum absolute atomic E-state index is 0.142. The van der Waals surface area contributed by atoms with Crippen molar-refractivity contribution >= 4 is 16.8 Å². The Labute approximate surface area is 104 Å². The molecule has 0 amide bonds. The van der Waals surface area contributed by atoms with E-state index in [-0.39, 0.29) is 11.2 Å². The topological polar surface area (TPSA) is 54.4 Å². The highest BCUT2D eigenvalue weighted by molar-refractivity contribution is 7.86. The van der Waals surface area contributed by atoms with Crippen molar-refractivity contribution in [3.05, 3.63) is 35.9 Å². The van der Waals surface area contributed by atoms with Crippen LogP contribution in [0.3, 0.4) is 0 Å². The van der Waals surface area contributed by atoms with Gasteiger partial charge in [0.2, 0.25) is 0 Å². The molecule has 1 aromatic carbocycles. The van der Waals surface area contributed by atoms with Crippen LogP contribution in [0.25, 0.3) is 0 Å². The zero-order valence-corrected chi connectivity index (χ0v) is 11.1. The van der Waals surface area contributed by atoms with E-state index < -0.39 is 22.0 Å². The number of carboxylic acid groups (broad SMARTS) is 1. The molecule has 4 heteroatoms. The first-order chi connectivity index (χ1) is 7.95. The van der Waals surface area contributed by atoms with E-state index in [2.05, 4.69) is 0 Å². The van der Waals surface area contributed by atoms with Gasteiger partial charge in [0.25, 0.3) is 0 Å². The van der Waals surface area contributed by atoms with Gasteiger partial charge in [0.05, 0.1) is 0 Å². The monoisotopic (exact) mass is 254 g/mol. The van der Waals surface area contributed by atoms with Gasteiger partial charge in [-0.2, -0.15) is 0 Å². The Kier molecular flexibility index (Phi) is 4.87. The Morgan fingerprint density at radius 3 is 2.12 bits per heavy atom. The lowest BCUT2D eigenvalue weighted by molar-refractivity contribution is -0.136. The first kappa shape index (κ1) is 13.9.